The fourth-order valence-electron chi connectivity index (χ4n) is 3.57. The molecular formula is C26H39F3N4O6. The summed E-state index contributed by atoms with van der Waals surface area (Å²) in [6, 6.07) is 2.59. The molecule has 4 atom stereocenters. The largest absolute Gasteiger partial charge is 0.458 e. The molecule has 3 amide bonds. The van der Waals surface area contributed by atoms with Gasteiger partial charge in [0, 0.05) is 6.42 Å². The molecule has 0 bridgehead atoms. The summed E-state index contributed by atoms with van der Waals surface area (Å²) in [4.78, 5) is 50.2. The van der Waals surface area contributed by atoms with E-state index in [0.717, 1.165) is 12.5 Å². The van der Waals surface area contributed by atoms with Gasteiger partial charge in [-0.25, -0.2) is 10.3 Å². The van der Waals surface area contributed by atoms with Gasteiger partial charge in [0.1, 0.15) is 23.7 Å². The fourth-order valence-corrected chi connectivity index (χ4v) is 3.57. The molecule has 0 aliphatic heterocycles. The number of hydroxylamine groups is 1. The number of carbonyl (C=O) groups excluding carboxylic acids is 4. The summed E-state index contributed by atoms with van der Waals surface area (Å²) < 4.78 is 46.1. The highest BCUT2D eigenvalue weighted by atomic mass is 19.4. The Morgan fingerprint density at radius 3 is 2.00 bits per heavy atom. The summed E-state index contributed by atoms with van der Waals surface area (Å²) >= 11 is 0. The molecule has 0 aliphatic rings. The van der Waals surface area contributed by atoms with Crippen molar-refractivity contribution in [3.05, 3.63) is 35.9 Å². The first-order chi connectivity index (χ1) is 17.9. The summed E-state index contributed by atoms with van der Waals surface area (Å²) in [7, 11) is 0. The lowest BCUT2D eigenvalue weighted by Crippen LogP contribution is -2.56. The van der Waals surface area contributed by atoms with Gasteiger partial charge in [-0.05, 0) is 45.6 Å². The number of ether oxygens (including phenoxy) is 1. The van der Waals surface area contributed by atoms with Crippen molar-refractivity contribution in [1.82, 2.24) is 21.4 Å². The van der Waals surface area contributed by atoms with Gasteiger partial charge in [-0.3, -0.25) is 24.9 Å². The lowest BCUT2D eigenvalue weighted by molar-refractivity contribution is -0.165. The standard InChI is InChI=1S/C26H39F3N4O6/c1-15(2)12-18(31-21(34)14-20(26(27,28)29)30-16(3)22(35)33-38)23(36)32-19(24(37)39-25(4,5)6)13-17-10-8-7-9-11-17/h7-11,15-16,18-20,30,38H,12-14H2,1-6H3,(H,31,34)(H,32,36)(H,33,35)/t16-,18-,19-,20?/m0/s1. The Kier molecular flexibility index (Phi) is 12.9. The summed E-state index contributed by atoms with van der Waals surface area (Å²) in [6.07, 6.45) is -5.87. The van der Waals surface area contributed by atoms with Crippen molar-refractivity contribution in [2.45, 2.75) is 96.7 Å². The molecule has 1 rings (SSSR count). The van der Waals surface area contributed by atoms with Gasteiger partial charge < -0.3 is 15.4 Å². The first-order valence-electron chi connectivity index (χ1n) is 12.6. The van der Waals surface area contributed by atoms with Gasteiger partial charge in [-0.15, -0.1) is 0 Å². The Balaban J connectivity index is 3.09. The van der Waals surface area contributed by atoms with E-state index in [1.165, 1.54) is 5.48 Å². The summed E-state index contributed by atoms with van der Waals surface area (Å²) in [5.41, 5.74) is 1.14. The predicted molar refractivity (Wildman–Crippen MR) is 136 cm³/mol. The molecule has 13 heteroatoms. The van der Waals surface area contributed by atoms with Gasteiger partial charge in [0.15, 0.2) is 0 Å². The number of esters is 1. The zero-order chi connectivity index (χ0) is 30.0. The van der Waals surface area contributed by atoms with Crippen LogP contribution in [-0.2, 0) is 30.3 Å². The van der Waals surface area contributed by atoms with E-state index in [1.807, 2.05) is 5.32 Å². The molecule has 0 aromatic heterocycles. The molecule has 0 radical (unpaired) electrons. The predicted octanol–water partition coefficient (Wildman–Crippen LogP) is 2.39. The molecule has 0 spiro atoms. The third-order valence-electron chi connectivity index (χ3n) is 5.39. The van der Waals surface area contributed by atoms with Crippen molar-refractivity contribution in [1.29, 1.82) is 0 Å². The van der Waals surface area contributed by atoms with Crippen LogP contribution < -0.4 is 21.4 Å². The van der Waals surface area contributed by atoms with Crippen LogP contribution in [0.25, 0.3) is 0 Å². The van der Waals surface area contributed by atoms with Crippen LogP contribution in [0.1, 0.15) is 59.9 Å². The van der Waals surface area contributed by atoms with Crippen LogP contribution in [0.4, 0.5) is 13.2 Å². The number of amides is 3. The van der Waals surface area contributed by atoms with Crippen LogP contribution in [0.2, 0.25) is 0 Å². The van der Waals surface area contributed by atoms with E-state index in [2.05, 4.69) is 10.6 Å². The number of nitrogens with one attached hydrogen (secondary N) is 4. The lowest BCUT2D eigenvalue weighted by Gasteiger charge is -2.28. The van der Waals surface area contributed by atoms with E-state index in [4.69, 9.17) is 9.94 Å². The van der Waals surface area contributed by atoms with Gasteiger partial charge in [0.2, 0.25) is 11.8 Å². The molecule has 1 unspecified atom stereocenters. The van der Waals surface area contributed by atoms with Gasteiger partial charge >= 0.3 is 12.1 Å². The molecule has 5 N–H and O–H groups in total. The van der Waals surface area contributed by atoms with Gasteiger partial charge in [0.05, 0.1) is 12.5 Å². The fraction of sp³-hybridized carbons (Fsp3) is 0.615. The second-order valence-corrected chi connectivity index (χ2v) is 10.7. The van der Waals surface area contributed by atoms with Crippen molar-refractivity contribution in [3.8, 4) is 0 Å². The zero-order valence-corrected chi connectivity index (χ0v) is 23.0. The van der Waals surface area contributed by atoms with E-state index >= 15 is 0 Å². The Hall–Kier alpha value is -3.19. The molecule has 0 fully saturated rings. The van der Waals surface area contributed by atoms with Crippen LogP contribution in [0, 0.1) is 5.92 Å². The maximum Gasteiger partial charge on any atom is 0.404 e. The first-order valence-corrected chi connectivity index (χ1v) is 12.6. The van der Waals surface area contributed by atoms with Crippen LogP contribution >= 0.6 is 0 Å². The first kappa shape index (κ1) is 33.8. The van der Waals surface area contributed by atoms with Crippen LogP contribution in [0.3, 0.4) is 0 Å². The van der Waals surface area contributed by atoms with Crippen LogP contribution in [-0.4, -0.2) is 64.8 Å². The highest BCUT2D eigenvalue weighted by molar-refractivity contribution is 5.91. The molecule has 39 heavy (non-hydrogen) atoms. The highest BCUT2D eigenvalue weighted by Crippen LogP contribution is 2.23. The molecular weight excluding hydrogens is 521 g/mol. The van der Waals surface area contributed by atoms with Crippen LogP contribution in [0.5, 0.6) is 0 Å². The van der Waals surface area contributed by atoms with E-state index < -0.39 is 66.1 Å². The second kappa shape index (κ2) is 14.8. The molecule has 0 saturated heterocycles. The molecule has 0 saturated carbocycles. The number of rotatable bonds is 13. The van der Waals surface area contributed by atoms with E-state index in [9.17, 15) is 32.3 Å². The summed E-state index contributed by atoms with van der Waals surface area (Å²) in [5, 5.41) is 15.5. The number of alkyl halides is 3. The number of halogens is 3. The average Bonchev–Trinajstić information content (AvgIpc) is 2.80. The summed E-state index contributed by atoms with van der Waals surface area (Å²) in [6.45, 7) is 9.62. The molecule has 10 nitrogen and oxygen atoms in total. The zero-order valence-electron chi connectivity index (χ0n) is 23.0. The van der Waals surface area contributed by atoms with Crippen LogP contribution in [0.15, 0.2) is 30.3 Å². The van der Waals surface area contributed by atoms with E-state index in [1.54, 1.807) is 65.0 Å². The Labute approximate surface area is 226 Å². The van der Waals surface area contributed by atoms with Gasteiger partial charge in [0.25, 0.3) is 5.91 Å². The Morgan fingerprint density at radius 1 is 0.923 bits per heavy atom. The number of hydrogen-bond donors (Lipinski definition) is 5. The molecule has 1 aromatic carbocycles. The molecule has 0 heterocycles. The number of hydrogen-bond acceptors (Lipinski definition) is 7. The number of carbonyl (C=O) groups is 4. The highest BCUT2D eigenvalue weighted by Gasteiger charge is 2.42. The minimum absolute atomic E-state index is 0.0807. The molecule has 220 valence electrons. The monoisotopic (exact) mass is 560 g/mol. The third-order valence-corrected chi connectivity index (χ3v) is 5.39. The Bertz CT molecular complexity index is 967. The van der Waals surface area contributed by atoms with Crippen molar-refractivity contribution >= 4 is 23.7 Å². The maximum atomic E-state index is 13.5. The third kappa shape index (κ3) is 12.9. The normalized spacial score (nSPS) is 15.1. The average molecular weight is 561 g/mol. The van der Waals surface area contributed by atoms with Gasteiger partial charge in [-0.2, -0.15) is 13.2 Å². The minimum atomic E-state index is -4.91. The quantitative estimate of drug-likeness (QED) is 0.141. The van der Waals surface area contributed by atoms with Crippen molar-refractivity contribution in [2.24, 2.45) is 5.92 Å². The minimum Gasteiger partial charge on any atom is -0.458 e. The van der Waals surface area contributed by atoms with Crippen molar-refractivity contribution in [3.63, 3.8) is 0 Å². The lowest BCUT2D eigenvalue weighted by atomic mass is 10.0. The molecule has 1 aromatic rings. The van der Waals surface area contributed by atoms with E-state index in [-0.39, 0.29) is 18.8 Å². The SMILES string of the molecule is CC(C)C[C@H](NC(=O)CC(N[C@@H](C)C(=O)NO)C(F)(F)F)C(=O)N[C@@H](Cc1ccccc1)C(=O)OC(C)(C)C. The second-order valence-electron chi connectivity index (χ2n) is 10.7. The maximum absolute atomic E-state index is 13.5. The topological polar surface area (TPSA) is 146 Å². The van der Waals surface area contributed by atoms with E-state index in [0.29, 0.717) is 0 Å². The Morgan fingerprint density at radius 2 is 1.51 bits per heavy atom. The van der Waals surface area contributed by atoms with Crippen molar-refractivity contribution in [2.75, 3.05) is 0 Å². The van der Waals surface area contributed by atoms with Crippen molar-refractivity contribution < 1.29 is 42.3 Å². The number of benzene rings is 1. The smallest absolute Gasteiger partial charge is 0.404 e. The molecule has 0 aliphatic carbocycles. The van der Waals surface area contributed by atoms with Gasteiger partial charge in [-0.1, -0.05) is 44.2 Å². The summed E-state index contributed by atoms with van der Waals surface area (Å²) in [5.74, 6) is -3.81.